The van der Waals surface area contributed by atoms with Gasteiger partial charge in [0.25, 0.3) is 0 Å². The van der Waals surface area contributed by atoms with Crippen molar-refractivity contribution in [2.45, 2.75) is 12.8 Å². The molecule has 0 amide bonds. The molecule has 11 heavy (non-hydrogen) atoms. The summed E-state index contributed by atoms with van der Waals surface area (Å²) in [5, 5.41) is 0. The molecule has 0 atom stereocenters. The number of ether oxygens (including phenoxy) is 1. The largest absolute Gasteiger partial charge is 0.378 e. The second kappa shape index (κ2) is 3.22. The Balaban J connectivity index is 1.92. The fraction of sp³-hybridized carbons (Fsp3) is 0.875. The first-order chi connectivity index (χ1) is 5.47. The van der Waals surface area contributed by atoms with Crippen LogP contribution in [-0.4, -0.2) is 43.6 Å². The van der Waals surface area contributed by atoms with Gasteiger partial charge in [-0.1, -0.05) is 0 Å². The van der Waals surface area contributed by atoms with E-state index in [9.17, 15) is 0 Å². The standard InChI is InChI=1S/C8H14N2O/c1-2-8(9-3-1)10-4-6-11-7-5-10/h1-7H2. The first-order valence-corrected chi connectivity index (χ1v) is 4.33. The van der Waals surface area contributed by atoms with Crippen LogP contribution >= 0.6 is 0 Å². The highest BCUT2D eigenvalue weighted by atomic mass is 16.5. The van der Waals surface area contributed by atoms with E-state index in [0.717, 1.165) is 32.8 Å². The molecule has 0 aromatic carbocycles. The molecule has 2 heterocycles. The maximum absolute atomic E-state index is 5.26. The van der Waals surface area contributed by atoms with E-state index in [-0.39, 0.29) is 0 Å². The minimum absolute atomic E-state index is 0.874. The second-order valence-electron chi connectivity index (χ2n) is 3.00. The second-order valence-corrected chi connectivity index (χ2v) is 3.00. The van der Waals surface area contributed by atoms with Gasteiger partial charge in [-0.15, -0.1) is 0 Å². The molecule has 62 valence electrons. The van der Waals surface area contributed by atoms with Crippen LogP contribution < -0.4 is 0 Å². The summed E-state index contributed by atoms with van der Waals surface area (Å²) in [4.78, 5) is 6.80. The van der Waals surface area contributed by atoms with Crippen molar-refractivity contribution >= 4 is 5.84 Å². The summed E-state index contributed by atoms with van der Waals surface area (Å²) in [6.07, 6.45) is 2.42. The van der Waals surface area contributed by atoms with Gasteiger partial charge in [-0.25, -0.2) is 0 Å². The highest BCUT2D eigenvalue weighted by molar-refractivity contribution is 5.83. The molecule has 2 aliphatic rings. The molecule has 0 bridgehead atoms. The predicted molar refractivity (Wildman–Crippen MR) is 43.9 cm³/mol. The Labute approximate surface area is 67.1 Å². The molecule has 0 aromatic rings. The quantitative estimate of drug-likeness (QED) is 0.508. The topological polar surface area (TPSA) is 24.8 Å². The van der Waals surface area contributed by atoms with Gasteiger partial charge in [-0.05, 0) is 6.42 Å². The van der Waals surface area contributed by atoms with Gasteiger partial charge < -0.3 is 9.64 Å². The van der Waals surface area contributed by atoms with Crippen LogP contribution in [0.3, 0.4) is 0 Å². The Morgan fingerprint density at radius 3 is 2.73 bits per heavy atom. The molecule has 0 aromatic heterocycles. The highest BCUT2D eigenvalue weighted by Crippen LogP contribution is 2.09. The van der Waals surface area contributed by atoms with Gasteiger partial charge in [0, 0.05) is 26.1 Å². The Morgan fingerprint density at radius 1 is 1.27 bits per heavy atom. The molecule has 0 spiro atoms. The Bertz CT molecular complexity index is 161. The summed E-state index contributed by atoms with van der Waals surface area (Å²) in [7, 11) is 0. The van der Waals surface area contributed by atoms with Crippen molar-refractivity contribution in [3.8, 4) is 0 Å². The van der Waals surface area contributed by atoms with E-state index in [1.54, 1.807) is 0 Å². The van der Waals surface area contributed by atoms with Gasteiger partial charge in [0.05, 0.1) is 19.0 Å². The van der Waals surface area contributed by atoms with Crippen LogP contribution in [0.4, 0.5) is 0 Å². The first kappa shape index (κ1) is 7.10. The minimum atomic E-state index is 0.874. The number of aliphatic imine (C=N–C) groups is 1. The average Bonchev–Trinajstić information content (AvgIpc) is 2.58. The molecule has 3 nitrogen and oxygen atoms in total. The number of hydrogen-bond acceptors (Lipinski definition) is 3. The molecule has 0 saturated carbocycles. The molecule has 0 unspecified atom stereocenters. The number of amidine groups is 1. The Morgan fingerprint density at radius 2 is 2.09 bits per heavy atom. The summed E-state index contributed by atoms with van der Waals surface area (Å²) in [5.74, 6) is 1.31. The van der Waals surface area contributed by atoms with Crippen LogP contribution in [0.1, 0.15) is 12.8 Å². The summed E-state index contributed by atoms with van der Waals surface area (Å²) in [6, 6.07) is 0. The molecule has 2 rings (SSSR count). The first-order valence-electron chi connectivity index (χ1n) is 4.33. The van der Waals surface area contributed by atoms with Crippen LogP contribution in [0.15, 0.2) is 4.99 Å². The molecule has 1 fully saturated rings. The van der Waals surface area contributed by atoms with Gasteiger partial charge in [-0.3, -0.25) is 4.99 Å². The summed E-state index contributed by atoms with van der Waals surface area (Å²) < 4.78 is 5.26. The van der Waals surface area contributed by atoms with Crippen molar-refractivity contribution in [3.63, 3.8) is 0 Å². The van der Waals surface area contributed by atoms with E-state index in [4.69, 9.17) is 4.74 Å². The van der Waals surface area contributed by atoms with Gasteiger partial charge in [0.1, 0.15) is 0 Å². The van der Waals surface area contributed by atoms with Gasteiger partial charge in [-0.2, -0.15) is 0 Å². The predicted octanol–water partition coefficient (Wildman–Crippen LogP) is 0.511. The zero-order valence-electron chi connectivity index (χ0n) is 6.75. The summed E-state index contributed by atoms with van der Waals surface area (Å²) >= 11 is 0. The van der Waals surface area contributed by atoms with Crippen molar-refractivity contribution in [3.05, 3.63) is 0 Å². The van der Waals surface area contributed by atoms with Crippen LogP contribution in [0.25, 0.3) is 0 Å². The van der Waals surface area contributed by atoms with Crippen molar-refractivity contribution in [1.29, 1.82) is 0 Å². The fourth-order valence-corrected chi connectivity index (χ4v) is 1.60. The number of nitrogens with zero attached hydrogens (tertiary/aromatic N) is 2. The molecule has 2 aliphatic heterocycles. The lowest BCUT2D eigenvalue weighted by atomic mass is 10.3. The third-order valence-electron chi connectivity index (χ3n) is 2.23. The lowest BCUT2D eigenvalue weighted by molar-refractivity contribution is 0.0675. The minimum Gasteiger partial charge on any atom is -0.378 e. The average molecular weight is 154 g/mol. The van der Waals surface area contributed by atoms with Crippen LogP contribution in [0.2, 0.25) is 0 Å². The van der Waals surface area contributed by atoms with Crippen molar-refractivity contribution in [2.24, 2.45) is 4.99 Å². The van der Waals surface area contributed by atoms with Crippen molar-refractivity contribution in [1.82, 2.24) is 4.90 Å². The number of morpholine rings is 1. The monoisotopic (exact) mass is 154 g/mol. The van der Waals surface area contributed by atoms with E-state index in [0.29, 0.717) is 0 Å². The lowest BCUT2D eigenvalue weighted by Gasteiger charge is -2.28. The molecular formula is C8H14N2O. The third kappa shape index (κ3) is 1.53. The Hall–Kier alpha value is -0.570. The van der Waals surface area contributed by atoms with Crippen molar-refractivity contribution in [2.75, 3.05) is 32.8 Å². The van der Waals surface area contributed by atoms with Gasteiger partial charge in [0.15, 0.2) is 0 Å². The van der Waals surface area contributed by atoms with Crippen LogP contribution in [-0.2, 0) is 4.74 Å². The zero-order valence-corrected chi connectivity index (χ0v) is 6.75. The normalized spacial score (nSPS) is 25.5. The van der Waals surface area contributed by atoms with Gasteiger partial charge >= 0.3 is 0 Å². The van der Waals surface area contributed by atoms with Crippen molar-refractivity contribution < 1.29 is 4.74 Å². The maximum Gasteiger partial charge on any atom is 0.0991 e. The van der Waals surface area contributed by atoms with E-state index < -0.39 is 0 Å². The van der Waals surface area contributed by atoms with E-state index in [1.807, 2.05) is 0 Å². The Kier molecular flexibility index (Phi) is 2.08. The van der Waals surface area contributed by atoms with Crippen LogP contribution in [0.5, 0.6) is 0 Å². The fourth-order valence-electron chi connectivity index (χ4n) is 1.60. The summed E-state index contributed by atoms with van der Waals surface area (Å²) in [5.41, 5.74) is 0. The smallest absolute Gasteiger partial charge is 0.0991 e. The molecule has 1 saturated heterocycles. The molecule has 0 aliphatic carbocycles. The summed E-state index contributed by atoms with van der Waals surface area (Å²) in [6.45, 7) is 4.86. The van der Waals surface area contributed by atoms with Crippen LogP contribution in [0, 0.1) is 0 Å². The molecular weight excluding hydrogens is 140 g/mol. The molecule has 3 heteroatoms. The molecule has 0 radical (unpaired) electrons. The number of rotatable bonds is 0. The SMILES string of the molecule is C1CN=C(N2CCOCC2)C1. The maximum atomic E-state index is 5.26. The number of hydrogen-bond donors (Lipinski definition) is 0. The van der Waals surface area contributed by atoms with E-state index in [1.165, 1.54) is 18.7 Å². The highest BCUT2D eigenvalue weighted by Gasteiger charge is 2.16. The van der Waals surface area contributed by atoms with Gasteiger partial charge in [0.2, 0.25) is 0 Å². The van der Waals surface area contributed by atoms with E-state index >= 15 is 0 Å². The lowest BCUT2D eigenvalue weighted by Crippen LogP contribution is -2.39. The third-order valence-corrected chi connectivity index (χ3v) is 2.23. The molecule has 0 N–H and O–H groups in total. The zero-order chi connectivity index (χ0) is 7.52. The van der Waals surface area contributed by atoms with E-state index in [2.05, 4.69) is 9.89 Å².